The number of ether oxygens (including phenoxy) is 1. The Morgan fingerprint density at radius 1 is 1.36 bits per heavy atom. The van der Waals surface area contributed by atoms with E-state index in [2.05, 4.69) is 22.4 Å². The molecule has 6 heteroatoms. The number of hydrazone groups is 1. The minimum Gasteiger partial charge on any atom is -0.493 e. The van der Waals surface area contributed by atoms with Crippen LogP contribution in [-0.2, 0) is 0 Å². The molecule has 4 nitrogen and oxygen atoms in total. The average Bonchev–Trinajstić information content (AvgIpc) is 2.89. The van der Waals surface area contributed by atoms with Gasteiger partial charge in [-0.1, -0.05) is 19.8 Å². The largest absolute Gasteiger partial charge is 0.493 e. The zero-order chi connectivity index (χ0) is 15.8. The molecular formula is C16H20FN3OS. The van der Waals surface area contributed by atoms with E-state index < -0.39 is 0 Å². The molecule has 0 aliphatic rings. The number of rotatable bonds is 8. The normalized spacial score (nSPS) is 11.0. The maximum atomic E-state index is 13.6. The molecule has 0 bridgehead atoms. The lowest BCUT2D eigenvalue weighted by atomic mass is 10.2. The molecule has 2 aromatic rings. The van der Waals surface area contributed by atoms with E-state index in [1.165, 1.54) is 23.5 Å². The first-order valence-electron chi connectivity index (χ1n) is 7.32. The van der Waals surface area contributed by atoms with Crippen molar-refractivity contribution in [1.82, 2.24) is 4.98 Å². The number of nitrogens with zero attached hydrogens (tertiary/aromatic N) is 2. The molecule has 0 radical (unpaired) electrons. The lowest BCUT2D eigenvalue weighted by molar-refractivity contribution is 0.305. The molecule has 1 aromatic carbocycles. The van der Waals surface area contributed by atoms with Gasteiger partial charge in [0.15, 0.2) is 0 Å². The second kappa shape index (κ2) is 8.48. The third-order valence-corrected chi connectivity index (χ3v) is 3.77. The van der Waals surface area contributed by atoms with Gasteiger partial charge in [0.25, 0.3) is 0 Å². The van der Waals surface area contributed by atoms with Gasteiger partial charge in [-0.15, -0.1) is 11.3 Å². The van der Waals surface area contributed by atoms with Crippen LogP contribution < -0.4 is 10.2 Å². The summed E-state index contributed by atoms with van der Waals surface area (Å²) in [7, 11) is 0. The van der Waals surface area contributed by atoms with Gasteiger partial charge in [0.1, 0.15) is 11.6 Å². The van der Waals surface area contributed by atoms with E-state index >= 15 is 0 Å². The Kier molecular flexibility index (Phi) is 6.33. The van der Waals surface area contributed by atoms with Crippen molar-refractivity contribution < 1.29 is 9.13 Å². The van der Waals surface area contributed by atoms with E-state index in [0.29, 0.717) is 23.1 Å². The number of nitrogens with one attached hydrogen (secondary N) is 1. The highest BCUT2D eigenvalue weighted by Crippen LogP contribution is 2.17. The monoisotopic (exact) mass is 321 g/mol. The van der Waals surface area contributed by atoms with Crippen LogP contribution >= 0.6 is 11.3 Å². The number of hydrogen-bond donors (Lipinski definition) is 1. The average molecular weight is 321 g/mol. The quantitative estimate of drug-likeness (QED) is 0.439. The number of halogens is 1. The van der Waals surface area contributed by atoms with Gasteiger partial charge in [-0.3, -0.25) is 5.43 Å². The Morgan fingerprint density at radius 2 is 2.23 bits per heavy atom. The third kappa shape index (κ3) is 5.44. The number of unbranched alkanes of at least 4 members (excludes halogenated alkanes) is 2. The number of benzene rings is 1. The van der Waals surface area contributed by atoms with E-state index in [1.807, 2.05) is 12.3 Å². The molecule has 0 unspecified atom stereocenters. The molecule has 0 aliphatic carbocycles. The third-order valence-electron chi connectivity index (χ3n) is 2.90. The summed E-state index contributed by atoms with van der Waals surface area (Å²) in [6.45, 7) is 4.65. The first kappa shape index (κ1) is 16.4. The summed E-state index contributed by atoms with van der Waals surface area (Å²) in [6.07, 6.45) is 4.77. The first-order chi connectivity index (χ1) is 10.7. The van der Waals surface area contributed by atoms with E-state index in [9.17, 15) is 4.39 Å². The second-order valence-corrected chi connectivity index (χ2v) is 5.80. The molecule has 0 saturated heterocycles. The molecule has 0 aliphatic heterocycles. The highest BCUT2D eigenvalue weighted by molar-refractivity contribution is 7.13. The van der Waals surface area contributed by atoms with Crippen LogP contribution in [-0.4, -0.2) is 17.8 Å². The lowest BCUT2D eigenvalue weighted by Crippen LogP contribution is -1.99. The standard InChI is InChI=1S/C16H20FN3OS/c1-3-4-5-6-21-15-8-13(7-14(17)9-15)10-18-20-16-19-12(2)11-22-16/h7-11H,3-6H2,1-2H3,(H,19,20). The van der Waals surface area contributed by atoms with Gasteiger partial charge in [0, 0.05) is 17.0 Å². The van der Waals surface area contributed by atoms with Crippen LogP contribution in [0.4, 0.5) is 9.52 Å². The Labute approximate surface area is 134 Å². The minimum atomic E-state index is -0.334. The smallest absolute Gasteiger partial charge is 0.203 e. The van der Waals surface area contributed by atoms with Crippen molar-refractivity contribution >= 4 is 22.7 Å². The number of thiazole rings is 1. The van der Waals surface area contributed by atoms with Gasteiger partial charge in [0.2, 0.25) is 5.13 Å². The number of hydrogen-bond acceptors (Lipinski definition) is 5. The van der Waals surface area contributed by atoms with E-state index in [4.69, 9.17) is 4.74 Å². The second-order valence-electron chi connectivity index (χ2n) is 4.94. The van der Waals surface area contributed by atoms with Crippen molar-refractivity contribution in [1.29, 1.82) is 0 Å². The predicted octanol–water partition coefficient (Wildman–Crippen LogP) is 4.61. The van der Waals surface area contributed by atoms with Crippen molar-refractivity contribution in [3.8, 4) is 5.75 Å². The topological polar surface area (TPSA) is 46.5 Å². The molecule has 118 valence electrons. The van der Waals surface area contributed by atoms with Crippen LogP contribution in [0.15, 0.2) is 28.7 Å². The molecule has 1 heterocycles. The number of aryl methyl sites for hydroxylation is 1. The molecule has 1 N–H and O–H groups in total. The molecule has 0 atom stereocenters. The van der Waals surface area contributed by atoms with Crippen molar-refractivity contribution in [3.05, 3.63) is 40.7 Å². The van der Waals surface area contributed by atoms with Crippen LogP contribution in [0.3, 0.4) is 0 Å². The SMILES string of the molecule is CCCCCOc1cc(F)cc(C=NNc2nc(C)cs2)c1. The molecule has 0 spiro atoms. The molecule has 1 aromatic heterocycles. The molecule has 0 fully saturated rings. The zero-order valence-electron chi connectivity index (χ0n) is 12.8. The van der Waals surface area contributed by atoms with Gasteiger partial charge in [-0.2, -0.15) is 5.10 Å². The van der Waals surface area contributed by atoms with Crippen molar-refractivity contribution in [2.75, 3.05) is 12.0 Å². The van der Waals surface area contributed by atoms with Crippen LogP contribution in [0.5, 0.6) is 5.75 Å². The van der Waals surface area contributed by atoms with E-state index in [1.54, 1.807) is 12.3 Å². The fourth-order valence-electron chi connectivity index (χ4n) is 1.85. The Morgan fingerprint density at radius 3 is 2.95 bits per heavy atom. The molecule has 0 saturated carbocycles. The van der Waals surface area contributed by atoms with Gasteiger partial charge in [0.05, 0.1) is 18.5 Å². The number of aromatic nitrogens is 1. The molecule has 0 amide bonds. The number of anilines is 1. The van der Waals surface area contributed by atoms with Crippen molar-refractivity contribution in [3.63, 3.8) is 0 Å². The van der Waals surface area contributed by atoms with Crippen molar-refractivity contribution in [2.24, 2.45) is 5.10 Å². The molecule has 2 rings (SSSR count). The van der Waals surface area contributed by atoms with E-state index in [-0.39, 0.29) is 5.82 Å². The Bertz CT molecular complexity index is 628. The van der Waals surface area contributed by atoms with Crippen LogP contribution in [0, 0.1) is 12.7 Å². The van der Waals surface area contributed by atoms with Gasteiger partial charge in [-0.25, -0.2) is 9.37 Å². The summed E-state index contributed by atoms with van der Waals surface area (Å²) in [5, 5.41) is 6.71. The van der Waals surface area contributed by atoms with Crippen molar-refractivity contribution in [2.45, 2.75) is 33.1 Å². The molecular weight excluding hydrogens is 301 g/mol. The van der Waals surface area contributed by atoms with Gasteiger partial charge >= 0.3 is 0 Å². The Hall–Kier alpha value is -1.95. The summed E-state index contributed by atoms with van der Waals surface area (Å²) in [5.41, 5.74) is 4.41. The van der Waals surface area contributed by atoms with Gasteiger partial charge < -0.3 is 4.74 Å². The predicted molar refractivity (Wildman–Crippen MR) is 89.5 cm³/mol. The summed E-state index contributed by atoms with van der Waals surface area (Å²) in [5.74, 6) is 0.196. The van der Waals surface area contributed by atoms with Crippen LogP contribution in [0.2, 0.25) is 0 Å². The maximum absolute atomic E-state index is 13.6. The summed E-state index contributed by atoms with van der Waals surface area (Å²) in [6, 6.07) is 4.57. The maximum Gasteiger partial charge on any atom is 0.203 e. The molecule has 22 heavy (non-hydrogen) atoms. The first-order valence-corrected chi connectivity index (χ1v) is 8.20. The highest BCUT2D eigenvalue weighted by atomic mass is 32.1. The van der Waals surface area contributed by atoms with Crippen LogP contribution in [0.1, 0.15) is 37.4 Å². The summed E-state index contributed by atoms with van der Waals surface area (Å²) in [4.78, 5) is 4.23. The minimum absolute atomic E-state index is 0.334. The fraction of sp³-hybridized carbons (Fsp3) is 0.375. The highest BCUT2D eigenvalue weighted by Gasteiger charge is 2.01. The zero-order valence-corrected chi connectivity index (χ0v) is 13.6. The summed E-state index contributed by atoms with van der Waals surface area (Å²) < 4.78 is 19.1. The van der Waals surface area contributed by atoms with Gasteiger partial charge in [-0.05, 0) is 25.5 Å². The lowest BCUT2D eigenvalue weighted by Gasteiger charge is -2.06. The Balaban J connectivity index is 1.93. The van der Waals surface area contributed by atoms with E-state index in [0.717, 1.165) is 25.0 Å². The van der Waals surface area contributed by atoms with Crippen LogP contribution in [0.25, 0.3) is 0 Å². The summed E-state index contributed by atoms with van der Waals surface area (Å²) >= 11 is 1.47. The fourth-order valence-corrected chi connectivity index (χ4v) is 2.49.